The standard InChI is InChI=1S/C17H19ClN4O4S/c1-12-9-13(25-8-7-22(21-2)17(19)20)11-14(10-12)26-27(23,24)16-6-4-3-5-15(16)18/h3-6,9-11H,2,7-8H2,1H3,(H3,19,20). The van der Waals surface area contributed by atoms with Gasteiger partial charge in [0.15, 0.2) is 0 Å². The zero-order valence-corrected chi connectivity index (χ0v) is 16.1. The molecule has 0 aromatic heterocycles. The predicted molar refractivity (Wildman–Crippen MR) is 104 cm³/mol. The topological polar surface area (TPSA) is 118 Å². The Morgan fingerprint density at radius 1 is 1.30 bits per heavy atom. The summed E-state index contributed by atoms with van der Waals surface area (Å²) < 4.78 is 35.7. The molecule has 0 unspecified atom stereocenters. The Morgan fingerprint density at radius 3 is 2.59 bits per heavy atom. The highest BCUT2D eigenvalue weighted by Gasteiger charge is 2.20. The maximum absolute atomic E-state index is 12.5. The van der Waals surface area contributed by atoms with E-state index in [0.29, 0.717) is 5.75 Å². The van der Waals surface area contributed by atoms with Crippen LogP contribution in [0, 0.1) is 12.3 Å². The smallest absolute Gasteiger partial charge is 0.340 e. The summed E-state index contributed by atoms with van der Waals surface area (Å²) in [6, 6.07) is 10.7. The number of nitrogens with one attached hydrogen (secondary N) is 1. The van der Waals surface area contributed by atoms with Gasteiger partial charge in [0.1, 0.15) is 23.0 Å². The fourth-order valence-corrected chi connectivity index (χ4v) is 3.59. The summed E-state index contributed by atoms with van der Waals surface area (Å²) in [5, 5.41) is 12.1. The van der Waals surface area contributed by atoms with Crippen LogP contribution in [0.15, 0.2) is 52.5 Å². The van der Waals surface area contributed by atoms with Crippen molar-refractivity contribution in [2.24, 2.45) is 10.8 Å². The first kappa shape index (κ1) is 20.5. The monoisotopic (exact) mass is 410 g/mol. The molecule has 0 aliphatic carbocycles. The zero-order chi connectivity index (χ0) is 20.0. The van der Waals surface area contributed by atoms with Crippen molar-refractivity contribution in [2.45, 2.75) is 11.8 Å². The molecule has 0 spiro atoms. The maximum Gasteiger partial charge on any atom is 0.340 e. The van der Waals surface area contributed by atoms with E-state index in [2.05, 4.69) is 11.8 Å². The number of ether oxygens (including phenoxy) is 1. The van der Waals surface area contributed by atoms with Gasteiger partial charge < -0.3 is 14.7 Å². The number of halogens is 1. The van der Waals surface area contributed by atoms with Gasteiger partial charge in [-0.2, -0.15) is 13.5 Å². The molecule has 8 nitrogen and oxygen atoms in total. The van der Waals surface area contributed by atoms with Crippen molar-refractivity contribution in [3.8, 4) is 11.5 Å². The molecule has 2 rings (SSSR count). The molecule has 2 aromatic rings. The highest BCUT2D eigenvalue weighted by atomic mass is 35.5. The highest BCUT2D eigenvalue weighted by molar-refractivity contribution is 7.87. The molecule has 0 amide bonds. The molecular weight excluding hydrogens is 392 g/mol. The molecule has 0 atom stereocenters. The van der Waals surface area contributed by atoms with Crippen LogP contribution in [0.3, 0.4) is 0 Å². The molecular formula is C17H19ClN4O4S. The Kier molecular flexibility index (Phi) is 6.65. The summed E-state index contributed by atoms with van der Waals surface area (Å²) in [4.78, 5) is -0.121. The minimum atomic E-state index is -4.09. The number of guanidine groups is 1. The zero-order valence-electron chi connectivity index (χ0n) is 14.6. The Hall–Kier alpha value is -2.78. The van der Waals surface area contributed by atoms with E-state index in [1.54, 1.807) is 31.2 Å². The number of nitrogens with two attached hydrogens (primary N) is 1. The average molecular weight is 411 g/mol. The van der Waals surface area contributed by atoms with E-state index < -0.39 is 10.1 Å². The van der Waals surface area contributed by atoms with E-state index in [1.807, 2.05) is 0 Å². The fraction of sp³-hybridized carbons (Fsp3) is 0.176. The lowest BCUT2D eigenvalue weighted by atomic mass is 10.2. The van der Waals surface area contributed by atoms with E-state index in [9.17, 15) is 8.42 Å². The number of hydrazone groups is 1. The van der Waals surface area contributed by atoms with E-state index in [-0.39, 0.29) is 34.8 Å². The average Bonchev–Trinajstić information content (AvgIpc) is 2.57. The first-order valence-electron chi connectivity index (χ1n) is 7.74. The van der Waals surface area contributed by atoms with E-state index in [4.69, 9.17) is 31.7 Å². The van der Waals surface area contributed by atoms with Crippen molar-refractivity contribution in [3.63, 3.8) is 0 Å². The molecule has 0 bridgehead atoms. The third-order valence-electron chi connectivity index (χ3n) is 3.36. The number of hydrogen-bond donors (Lipinski definition) is 2. The molecule has 0 radical (unpaired) electrons. The molecule has 144 valence electrons. The van der Waals surface area contributed by atoms with Gasteiger partial charge >= 0.3 is 10.1 Å². The minimum absolute atomic E-state index is 0.0721. The summed E-state index contributed by atoms with van der Waals surface area (Å²) >= 11 is 5.94. The van der Waals surface area contributed by atoms with Crippen molar-refractivity contribution in [1.29, 1.82) is 5.41 Å². The van der Waals surface area contributed by atoms with Gasteiger partial charge in [0.25, 0.3) is 0 Å². The third kappa shape index (κ3) is 5.60. The Morgan fingerprint density at radius 2 is 1.96 bits per heavy atom. The molecule has 0 fully saturated rings. The van der Waals surface area contributed by atoms with Crippen LogP contribution in [0.5, 0.6) is 11.5 Å². The molecule has 0 heterocycles. The second-order valence-corrected chi connectivity index (χ2v) is 7.37. The summed E-state index contributed by atoms with van der Waals surface area (Å²) in [5.74, 6) is 0.231. The quantitative estimate of drug-likeness (QED) is 0.299. The molecule has 2 aromatic carbocycles. The molecule has 0 saturated carbocycles. The number of aryl methyl sites for hydroxylation is 1. The normalized spacial score (nSPS) is 10.9. The number of rotatable bonds is 8. The minimum Gasteiger partial charge on any atom is -0.492 e. The Bertz CT molecular complexity index is 950. The maximum atomic E-state index is 12.5. The molecule has 3 N–H and O–H groups in total. The van der Waals surface area contributed by atoms with Crippen LogP contribution in [-0.4, -0.2) is 39.3 Å². The molecule has 27 heavy (non-hydrogen) atoms. The lowest BCUT2D eigenvalue weighted by molar-refractivity contribution is 0.271. The number of nitrogens with zero attached hydrogens (tertiary/aromatic N) is 2. The van der Waals surface area contributed by atoms with Gasteiger partial charge in [0.05, 0.1) is 11.6 Å². The largest absolute Gasteiger partial charge is 0.492 e. The van der Waals surface area contributed by atoms with Crippen molar-refractivity contribution in [1.82, 2.24) is 5.01 Å². The van der Waals surface area contributed by atoms with Crippen LogP contribution >= 0.6 is 11.6 Å². The molecule has 0 aliphatic rings. The van der Waals surface area contributed by atoms with Gasteiger partial charge in [-0.25, -0.2) is 5.01 Å². The first-order valence-corrected chi connectivity index (χ1v) is 9.53. The van der Waals surface area contributed by atoms with Crippen molar-refractivity contribution in [2.75, 3.05) is 13.2 Å². The van der Waals surface area contributed by atoms with Crippen molar-refractivity contribution in [3.05, 3.63) is 53.1 Å². The summed E-state index contributed by atoms with van der Waals surface area (Å²) in [7, 11) is -4.09. The van der Waals surface area contributed by atoms with Crippen LogP contribution in [0.25, 0.3) is 0 Å². The van der Waals surface area contributed by atoms with Crippen LogP contribution in [-0.2, 0) is 10.1 Å². The molecule has 0 aliphatic heterocycles. The molecule has 0 saturated heterocycles. The van der Waals surface area contributed by atoms with Crippen LogP contribution in [0.2, 0.25) is 5.02 Å². The van der Waals surface area contributed by atoms with Gasteiger partial charge in [-0.1, -0.05) is 23.7 Å². The fourth-order valence-electron chi connectivity index (χ4n) is 2.18. The Balaban J connectivity index is 2.14. The van der Waals surface area contributed by atoms with Gasteiger partial charge in [0.2, 0.25) is 5.96 Å². The third-order valence-corrected chi connectivity index (χ3v) is 5.11. The van der Waals surface area contributed by atoms with E-state index >= 15 is 0 Å². The molecule has 10 heteroatoms. The summed E-state index contributed by atoms with van der Waals surface area (Å²) in [6.45, 7) is 5.45. The van der Waals surface area contributed by atoms with Crippen molar-refractivity contribution >= 4 is 34.4 Å². The SMILES string of the molecule is C=NN(CCOc1cc(C)cc(OS(=O)(=O)c2ccccc2Cl)c1)C(=N)N. The number of hydrogen-bond acceptors (Lipinski definition) is 6. The summed E-state index contributed by atoms with van der Waals surface area (Å²) in [6.07, 6.45) is 0. The van der Waals surface area contributed by atoms with Gasteiger partial charge in [0, 0.05) is 12.8 Å². The van der Waals surface area contributed by atoms with Crippen LogP contribution in [0.1, 0.15) is 5.56 Å². The van der Waals surface area contributed by atoms with Gasteiger partial charge in [-0.15, -0.1) is 0 Å². The second-order valence-electron chi connectivity index (χ2n) is 5.45. The lowest BCUT2D eigenvalue weighted by Gasteiger charge is -2.16. The van der Waals surface area contributed by atoms with Gasteiger partial charge in [-0.05, 0) is 36.8 Å². The predicted octanol–water partition coefficient (Wildman–Crippen LogP) is 2.61. The van der Waals surface area contributed by atoms with E-state index in [0.717, 1.165) is 10.6 Å². The van der Waals surface area contributed by atoms with E-state index in [1.165, 1.54) is 18.2 Å². The van der Waals surface area contributed by atoms with Crippen LogP contribution < -0.4 is 14.7 Å². The second kappa shape index (κ2) is 8.74. The first-order chi connectivity index (χ1) is 12.7. The van der Waals surface area contributed by atoms with Gasteiger partial charge in [-0.3, -0.25) is 5.41 Å². The lowest BCUT2D eigenvalue weighted by Crippen LogP contribution is -2.34. The number of benzene rings is 2. The highest BCUT2D eigenvalue weighted by Crippen LogP contribution is 2.28. The Labute approximate surface area is 162 Å². The summed E-state index contributed by atoms with van der Waals surface area (Å²) in [5.41, 5.74) is 6.07. The van der Waals surface area contributed by atoms with Crippen molar-refractivity contribution < 1.29 is 17.3 Å². The van der Waals surface area contributed by atoms with Crippen LogP contribution in [0.4, 0.5) is 0 Å².